The number of benzene rings is 1. The number of alkyl halides is 3. The fraction of sp³-hybridized carbons (Fsp3) is 0.385. The first kappa shape index (κ1) is 16.9. The Kier molecular flexibility index (Phi) is 4.58. The molecule has 1 aromatic carbocycles. The summed E-state index contributed by atoms with van der Waals surface area (Å²) in [5, 5.41) is 9.43. The molecule has 1 aromatic rings. The van der Waals surface area contributed by atoms with Crippen molar-refractivity contribution in [2.45, 2.75) is 31.1 Å². The molecule has 1 fully saturated rings. The number of hydrogen-bond acceptors (Lipinski definition) is 2. The van der Waals surface area contributed by atoms with Crippen LogP contribution in [-0.4, -0.2) is 34.1 Å². The third-order valence-electron chi connectivity index (χ3n) is 3.19. The van der Waals surface area contributed by atoms with Crippen LogP contribution < -0.4 is 0 Å². The SMILES string of the molecule is O=C(O)C(c1ccc(Cl)cc1Cl)N(C(=O)C(F)(F)F)C1CC1. The molecule has 0 aliphatic heterocycles. The van der Waals surface area contributed by atoms with Crippen molar-refractivity contribution < 1.29 is 27.9 Å². The summed E-state index contributed by atoms with van der Waals surface area (Å²) in [5.41, 5.74) is -0.108. The van der Waals surface area contributed by atoms with Gasteiger partial charge in [0.25, 0.3) is 0 Å². The summed E-state index contributed by atoms with van der Waals surface area (Å²) < 4.78 is 38.3. The highest BCUT2D eigenvalue weighted by molar-refractivity contribution is 6.35. The second-order valence-corrected chi connectivity index (χ2v) is 5.69. The van der Waals surface area contributed by atoms with Crippen LogP contribution in [0.2, 0.25) is 10.0 Å². The highest BCUT2D eigenvalue weighted by Crippen LogP contribution is 2.40. The fourth-order valence-electron chi connectivity index (χ4n) is 2.12. The molecular weight excluding hydrogens is 346 g/mol. The fourth-order valence-corrected chi connectivity index (χ4v) is 2.63. The summed E-state index contributed by atoms with van der Waals surface area (Å²) in [7, 11) is 0. The Morgan fingerprint density at radius 2 is 1.86 bits per heavy atom. The second kappa shape index (κ2) is 5.96. The van der Waals surface area contributed by atoms with Crippen LogP contribution in [0.25, 0.3) is 0 Å². The standard InChI is InChI=1S/C13H10Cl2F3NO3/c14-6-1-4-8(9(15)5-6)10(11(20)21)19(7-2-3-7)12(22)13(16,17)18/h1,4-5,7,10H,2-3H2,(H,20,21). The van der Waals surface area contributed by atoms with Crippen molar-refractivity contribution in [3.05, 3.63) is 33.8 Å². The highest BCUT2D eigenvalue weighted by atomic mass is 35.5. The quantitative estimate of drug-likeness (QED) is 0.896. The first-order chi connectivity index (χ1) is 10.1. The zero-order chi connectivity index (χ0) is 16.7. The second-order valence-electron chi connectivity index (χ2n) is 4.85. The third kappa shape index (κ3) is 3.47. The van der Waals surface area contributed by atoms with Crippen LogP contribution in [0.1, 0.15) is 24.4 Å². The Labute approximate surface area is 133 Å². The van der Waals surface area contributed by atoms with Gasteiger partial charge in [-0.2, -0.15) is 13.2 Å². The molecule has 1 atom stereocenters. The van der Waals surface area contributed by atoms with E-state index in [1.54, 1.807) is 0 Å². The first-order valence-corrected chi connectivity index (χ1v) is 6.95. The Balaban J connectivity index is 2.48. The van der Waals surface area contributed by atoms with E-state index < -0.39 is 30.1 Å². The largest absolute Gasteiger partial charge is 0.479 e. The molecule has 22 heavy (non-hydrogen) atoms. The van der Waals surface area contributed by atoms with Gasteiger partial charge in [-0.25, -0.2) is 4.79 Å². The molecule has 0 bridgehead atoms. The van der Waals surface area contributed by atoms with Crippen molar-refractivity contribution in [2.75, 3.05) is 0 Å². The van der Waals surface area contributed by atoms with E-state index in [2.05, 4.69) is 0 Å². The van der Waals surface area contributed by atoms with Crippen LogP contribution in [0.15, 0.2) is 18.2 Å². The van der Waals surface area contributed by atoms with Gasteiger partial charge in [-0.3, -0.25) is 4.79 Å². The molecule has 4 nitrogen and oxygen atoms in total. The maximum atomic E-state index is 12.8. The molecule has 1 aliphatic carbocycles. The minimum atomic E-state index is -5.16. The van der Waals surface area contributed by atoms with Crippen molar-refractivity contribution in [1.29, 1.82) is 0 Å². The first-order valence-electron chi connectivity index (χ1n) is 6.20. The van der Waals surface area contributed by atoms with E-state index in [-0.39, 0.29) is 15.6 Å². The summed E-state index contributed by atoms with van der Waals surface area (Å²) in [4.78, 5) is 23.4. The van der Waals surface area contributed by atoms with Crippen molar-refractivity contribution in [3.8, 4) is 0 Å². The lowest BCUT2D eigenvalue weighted by molar-refractivity contribution is -0.190. The van der Waals surface area contributed by atoms with E-state index in [9.17, 15) is 27.9 Å². The van der Waals surface area contributed by atoms with Gasteiger partial charge < -0.3 is 10.0 Å². The van der Waals surface area contributed by atoms with Crippen molar-refractivity contribution in [3.63, 3.8) is 0 Å². The molecule has 1 aliphatic rings. The average molecular weight is 356 g/mol. The summed E-state index contributed by atoms with van der Waals surface area (Å²) in [6.45, 7) is 0. The Morgan fingerprint density at radius 3 is 2.27 bits per heavy atom. The molecule has 120 valence electrons. The molecule has 1 saturated carbocycles. The van der Waals surface area contributed by atoms with Crippen LogP contribution in [0.5, 0.6) is 0 Å². The molecule has 9 heteroatoms. The molecule has 1 unspecified atom stereocenters. The van der Waals surface area contributed by atoms with Crippen molar-refractivity contribution in [2.24, 2.45) is 0 Å². The lowest BCUT2D eigenvalue weighted by Crippen LogP contribution is -2.47. The van der Waals surface area contributed by atoms with Crippen LogP contribution in [0, 0.1) is 0 Å². The molecule has 0 aromatic heterocycles. The number of carbonyl (C=O) groups is 2. The molecule has 1 N–H and O–H groups in total. The van der Waals surface area contributed by atoms with E-state index in [4.69, 9.17) is 23.2 Å². The monoisotopic (exact) mass is 355 g/mol. The number of rotatable bonds is 4. The molecule has 0 saturated heterocycles. The molecular formula is C13H10Cl2F3NO3. The zero-order valence-corrected chi connectivity index (χ0v) is 12.4. The van der Waals surface area contributed by atoms with Crippen LogP contribution in [0.3, 0.4) is 0 Å². The molecule has 0 radical (unpaired) electrons. The number of hydrogen-bond donors (Lipinski definition) is 1. The van der Waals surface area contributed by atoms with E-state index in [1.165, 1.54) is 18.2 Å². The number of halogens is 5. The maximum absolute atomic E-state index is 12.8. The summed E-state index contributed by atoms with van der Waals surface area (Å²) in [6.07, 6.45) is -4.52. The van der Waals surface area contributed by atoms with E-state index in [0.29, 0.717) is 17.7 Å². The summed E-state index contributed by atoms with van der Waals surface area (Å²) >= 11 is 11.6. The molecule has 1 amide bonds. The van der Waals surface area contributed by atoms with Gasteiger partial charge in [0.2, 0.25) is 0 Å². The van der Waals surface area contributed by atoms with E-state index in [0.717, 1.165) is 0 Å². The van der Waals surface area contributed by atoms with Crippen LogP contribution in [0.4, 0.5) is 13.2 Å². The van der Waals surface area contributed by atoms with Crippen LogP contribution >= 0.6 is 23.2 Å². The number of carboxylic acids is 1. The van der Waals surface area contributed by atoms with Gasteiger partial charge >= 0.3 is 18.1 Å². The number of carboxylic acid groups (broad SMARTS) is 1. The van der Waals surface area contributed by atoms with E-state index in [1.807, 2.05) is 0 Å². The van der Waals surface area contributed by atoms with Gasteiger partial charge in [0.15, 0.2) is 6.04 Å². The molecule has 0 heterocycles. The van der Waals surface area contributed by atoms with E-state index >= 15 is 0 Å². The Morgan fingerprint density at radius 1 is 1.27 bits per heavy atom. The molecule has 2 rings (SSSR count). The van der Waals surface area contributed by atoms with Gasteiger partial charge in [-0.05, 0) is 25.0 Å². The number of carbonyl (C=O) groups excluding carboxylic acids is 1. The van der Waals surface area contributed by atoms with Crippen LogP contribution in [-0.2, 0) is 9.59 Å². The predicted octanol–water partition coefficient (Wildman–Crippen LogP) is 3.67. The van der Waals surface area contributed by atoms with Gasteiger partial charge in [0, 0.05) is 21.7 Å². The minimum absolute atomic E-state index is 0.108. The lowest BCUT2D eigenvalue weighted by atomic mass is 10.0. The predicted molar refractivity (Wildman–Crippen MR) is 72.8 cm³/mol. The van der Waals surface area contributed by atoms with Gasteiger partial charge in [-0.15, -0.1) is 0 Å². The summed E-state index contributed by atoms with van der Waals surface area (Å²) in [5.74, 6) is -3.78. The smallest absolute Gasteiger partial charge is 0.471 e. The van der Waals surface area contributed by atoms with Gasteiger partial charge in [0.05, 0.1) is 0 Å². The Bertz CT molecular complexity index is 617. The minimum Gasteiger partial charge on any atom is -0.479 e. The van der Waals surface area contributed by atoms with Crippen molar-refractivity contribution in [1.82, 2.24) is 4.90 Å². The lowest BCUT2D eigenvalue weighted by Gasteiger charge is -2.30. The van der Waals surface area contributed by atoms with Gasteiger partial charge in [-0.1, -0.05) is 29.3 Å². The normalized spacial score (nSPS) is 16.2. The maximum Gasteiger partial charge on any atom is 0.471 e. The molecule has 0 spiro atoms. The zero-order valence-electron chi connectivity index (χ0n) is 10.9. The Hall–Kier alpha value is -1.47. The number of aliphatic carboxylic acids is 1. The topological polar surface area (TPSA) is 57.6 Å². The third-order valence-corrected chi connectivity index (χ3v) is 3.75. The highest BCUT2D eigenvalue weighted by Gasteiger charge is 2.51. The van der Waals surface area contributed by atoms with Crippen molar-refractivity contribution >= 4 is 35.1 Å². The summed E-state index contributed by atoms with van der Waals surface area (Å²) in [6, 6.07) is 1.16. The van der Waals surface area contributed by atoms with Gasteiger partial charge in [0.1, 0.15) is 0 Å². The number of nitrogens with zero attached hydrogens (tertiary/aromatic N) is 1. The number of amides is 1. The average Bonchev–Trinajstić information content (AvgIpc) is 3.19.